The molecule has 0 aliphatic rings. The van der Waals surface area contributed by atoms with Crippen LogP contribution in [0.15, 0.2) is 76.5 Å². The summed E-state index contributed by atoms with van der Waals surface area (Å²) < 4.78 is 46.4. The van der Waals surface area contributed by atoms with Crippen molar-refractivity contribution in [3.8, 4) is 0 Å². The van der Waals surface area contributed by atoms with Gasteiger partial charge in [0.15, 0.2) is 0 Å². The van der Waals surface area contributed by atoms with Crippen LogP contribution in [0.4, 0.5) is 15.8 Å². The Bertz CT molecular complexity index is 1310. The van der Waals surface area contributed by atoms with Crippen molar-refractivity contribution in [2.45, 2.75) is 16.7 Å². The van der Waals surface area contributed by atoms with Crippen LogP contribution in [0.3, 0.4) is 0 Å². The number of rotatable bonds is 8. The number of carbonyl (C=O) groups is 2. The number of benzene rings is 3. The maximum absolute atomic E-state index is 13.9. The summed E-state index contributed by atoms with van der Waals surface area (Å²) in [6.45, 7) is 1.11. The summed E-state index contributed by atoms with van der Waals surface area (Å²) in [5, 5.41) is 2.64. The second-order valence-electron chi connectivity index (χ2n) is 7.24. The fraction of sp³-hybridized carbons (Fsp3) is 0.167. The van der Waals surface area contributed by atoms with E-state index in [-0.39, 0.29) is 16.1 Å². The molecule has 0 aliphatic carbocycles. The van der Waals surface area contributed by atoms with E-state index >= 15 is 0 Å². The number of amides is 1. The van der Waals surface area contributed by atoms with Crippen molar-refractivity contribution in [3.63, 3.8) is 0 Å². The minimum atomic E-state index is -4.20. The fourth-order valence-electron chi connectivity index (χ4n) is 3.14. The largest absolute Gasteiger partial charge is 0.465 e. The molecule has 10 heteroatoms. The summed E-state index contributed by atoms with van der Waals surface area (Å²) in [6, 6.07) is 15.8. The highest BCUT2D eigenvalue weighted by Crippen LogP contribution is 2.26. The van der Waals surface area contributed by atoms with E-state index in [0.717, 1.165) is 15.3 Å². The highest BCUT2D eigenvalue weighted by atomic mass is 32.2. The van der Waals surface area contributed by atoms with Crippen LogP contribution in [-0.2, 0) is 19.6 Å². The second-order valence-corrected chi connectivity index (χ2v) is 9.98. The van der Waals surface area contributed by atoms with Gasteiger partial charge in [-0.15, -0.1) is 11.8 Å². The summed E-state index contributed by atoms with van der Waals surface area (Å²) >= 11 is 1.46. The smallest absolute Gasteiger partial charge is 0.337 e. The average Bonchev–Trinajstić information content (AvgIpc) is 2.83. The van der Waals surface area contributed by atoms with Crippen LogP contribution >= 0.6 is 11.8 Å². The number of sulfonamides is 1. The molecule has 0 fully saturated rings. The van der Waals surface area contributed by atoms with Gasteiger partial charge >= 0.3 is 5.97 Å². The Morgan fingerprint density at radius 2 is 1.76 bits per heavy atom. The van der Waals surface area contributed by atoms with Crippen molar-refractivity contribution in [1.82, 2.24) is 0 Å². The van der Waals surface area contributed by atoms with Crippen LogP contribution in [0, 0.1) is 12.7 Å². The average molecular weight is 503 g/mol. The van der Waals surface area contributed by atoms with Gasteiger partial charge < -0.3 is 10.1 Å². The number of methoxy groups -OCH3 is 1. The third kappa shape index (κ3) is 5.75. The Balaban J connectivity index is 1.95. The fourth-order valence-corrected chi connectivity index (χ4v) is 4.96. The van der Waals surface area contributed by atoms with Gasteiger partial charge in [0.25, 0.3) is 10.0 Å². The van der Waals surface area contributed by atoms with E-state index in [1.807, 2.05) is 6.26 Å². The summed E-state index contributed by atoms with van der Waals surface area (Å²) in [7, 11) is -2.95. The first kappa shape index (κ1) is 25.3. The zero-order valence-corrected chi connectivity index (χ0v) is 20.4. The van der Waals surface area contributed by atoms with Crippen LogP contribution in [0.1, 0.15) is 15.9 Å². The maximum atomic E-state index is 13.9. The van der Waals surface area contributed by atoms with Crippen molar-refractivity contribution in [2.24, 2.45) is 0 Å². The molecule has 0 spiro atoms. The van der Waals surface area contributed by atoms with Gasteiger partial charge in [0, 0.05) is 10.6 Å². The number of hydrogen-bond acceptors (Lipinski definition) is 6. The third-order valence-electron chi connectivity index (χ3n) is 4.96. The molecule has 3 rings (SSSR count). The van der Waals surface area contributed by atoms with E-state index in [2.05, 4.69) is 5.32 Å². The Morgan fingerprint density at radius 1 is 1.06 bits per heavy atom. The normalized spacial score (nSPS) is 11.1. The predicted octanol–water partition coefficient (Wildman–Crippen LogP) is 4.48. The number of hydrogen-bond donors (Lipinski definition) is 1. The number of aryl methyl sites for hydroxylation is 1. The summed E-state index contributed by atoms with van der Waals surface area (Å²) in [5.41, 5.74) is 1.22. The van der Waals surface area contributed by atoms with Crippen molar-refractivity contribution in [2.75, 3.05) is 29.5 Å². The molecule has 0 heterocycles. The number of halogens is 1. The van der Waals surface area contributed by atoms with Crippen molar-refractivity contribution in [3.05, 3.63) is 83.7 Å². The first-order valence-electron chi connectivity index (χ1n) is 10.1. The Kier molecular flexibility index (Phi) is 7.95. The molecule has 34 heavy (non-hydrogen) atoms. The quantitative estimate of drug-likeness (QED) is 0.361. The standard InChI is InChI=1S/C24H23FN2O5S2/c1-16-7-8-17(24(29)32-2)13-22(16)26-23(28)15-27(19-6-4-5-18(25)14-19)34(30,31)21-11-9-20(33-3)10-12-21/h4-14H,15H2,1-3H3,(H,26,28). The second kappa shape index (κ2) is 10.7. The Labute approximate surface area is 202 Å². The van der Waals surface area contributed by atoms with Gasteiger partial charge in [-0.2, -0.15) is 0 Å². The lowest BCUT2D eigenvalue weighted by Gasteiger charge is -2.24. The van der Waals surface area contributed by atoms with Gasteiger partial charge in [-0.3, -0.25) is 9.10 Å². The molecule has 0 bridgehead atoms. The highest BCUT2D eigenvalue weighted by molar-refractivity contribution is 7.98. The van der Waals surface area contributed by atoms with Crippen LogP contribution in [0.2, 0.25) is 0 Å². The molecule has 1 N–H and O–H groups in total. The number of carbonyl (C=O) groups excluding carboxylic acids is 2. The molecular formula is C24H23FN2O5S2. The monoisotopic (exact) mass is 502 g/mol. The molecule has 0 atom stereocenters. The van der Waals surface area contributed by atoms with E-state index in [9.17, 15) is 22.4 Å². The zero-order chi connectivity index (χ0) is 24.9. The highest BCUT2D eigenvalue weighted by Gasteiger charge is 2.28. The maximum Gasteiger partial charge on any atom is 0.337 e. The van der Waals surface area contributed by atoms with E-state index in [1.54, 1.807) is 31.2 Å². The number of nitrogens with one attached hydrogen (secondary N) is 1. The summed E-state index contributed by atoms with van der Waals surface area (Å²) in [5.74, 6) is -1.88. The van der Waals surface area contributed by atoms with Gasteiger partial charge in [0.2, 0.25) is 5.91 Å². The molecular weight excluding hydrogens is 479 g/mol. The lowest BCUT2D eigenvalue weighted by atomic mass is 10.1. The van der Waals surface area contributed by atoms with E-state index in [0.29, 0.717) is 11.3 Å². The number of ether oxygens (including phenoxy) is 1. The molecule has 0 saturated heterocycles. The van der Waals surface area contributed by atoms with E-state index in [4.69, 9.17) is 4.74 Å². The SMILES string of the molecule is COC(=O)c1ccc(C)c(NC(=O)CN(c2cccc(F)c2)S(=O)(=O)c2ccc(SC)cc2)c1. The number of thioether (sulfide) groups is 1. The van der Waals surface area contributed by atoms with Crippen molar-refractivity contribution >= 4 is 45.0 Å². The van der Waals surface area contributed by atoms with Gasteiger partial charge in [0.05, 0.1) is 23.3 Å². The zero-order valence-electron chi connectivity index (χ0n) is 18.7. The first-order chi connectivity index (χ1) is 16.1. The van der Waals surface area contributed by atoms with Crippen molar-refractivity contribution in [1.29, 1.82) is 0 Å². The molecule has 3 aromatic carbocycles. The number of anilines is 2. The topological polar surface area (TPSA) is 92.8 Å². The molecule has 178 valence electrons. The molecule has 7 nitrogen and oxygen atoms in total. The number of nitrogens with zero attached hydrogens (tertiary/aromatic N) is 1. The third-order valence-corrected chi connectivity index (χ3v) is 7.50. The molecule has 0 saturated carbocycles. The van der Waals surface area contributed by atoms with E-state index < -0.39 is 34.3 Å². The van der Waals surface area contributed by atoms with E-state index in [1.165, 1.54) is 55.3 Å². The predicted molar refractivity (Wildman–Crippen MR) is 130 cm³/mol. The molecule has 3 aromatic rings. The van der Waals surface area contributed by atoms with Crippen LogP contribution in [-0.4, -0.2) is 40.2 Å². The van der Waals surface area contributed by atoms with Crippen molar-refractivity contribution < 1.29 is 27.1 Å². The molecule has 0 aromatic heterocycles. The van der Waals surface area contributed by atoms with Gasteiger partial charge in [-0.05, 0) is 73.3 Å². The Morgan fingerprint density at radius 3 is 2.38 bits per heavy atom. The molecule has 0 unspecified atom stereocenters. The molecule has 0 radical (unpaired) electrons. The lowest BCUT2D eigenvalue weighted by molar-refractivity contribution is -0.114. The van der Waals surface area contributed by atoms with Gasteiger partial charge in [-0.25, -0.2) is 17.6 Å². The Hall–Kier alpha value is -3.37. The first-order valence-corrected chi connectivity index (χ1v) is 12.7. The van der Waals surface area contributed by atoms with Crippen LogP contribution < -0.4 is 9.62 Å². The van der Waals surface area contributed by atoms with Gasteiger partial charge in [0.1, 0.15) is 12.4 Å². The molecule has 1 amide bonds. The summed E-state index contributed by atoms with van der Waals surface area (Å²) in [6.07, 6.45) is 1.87. The number of esters is 1. The van der Waals surface area contributed by atoms with Gasteiger partial charge in [-0.1, -0.05) is 12.1 Å². The summed E-state index contributed by atoms with van der Waals surface area (Å²) in [4.78, 5) is 25.6. The van der Waals surface area contributed by atoms with Crippen LogP contribution in [0.25, 0.3) is 0 Å². The minimum Gasteiger partial charge on any atom is -0.465 e. The minimum absolute atomic E-state index is 0.00382. The molecule has 0 aliphatic heterocycles. The van der Waals surface area contributed by atoms with Crippen LogP contribution in [0.5, 0.6) is 0 Å². The lowest BCUT2D eigenvalue weighted by Crippen LogP contribution is -2.38.